The summed E-state index contributed by atoms with van der Waals surface area (Å²) in [5.41, 5.74) is 0.894. The summed E-state index contributed by atoms with van der Waals surface area (Å²) in [4.78, 5) is 12.3. The second-order valence-electron chi connectivity index (χ2n) is 11.5. The molecule has 0 amide bonds. The highest BCUT2D eigenvalue weighted by molar-refractivity contribution is 5.79. The first-order chi connectivity index (χ1) is 13.3. The van der Waals surface area contributed by atoms with E-state index in [0.29, 0.717) is 28.4 Å². The molecule has 4 fully saturated rings. The molecule has 0 N–H and O–H groups in total. The molecule has 2 heteroatoms. The quantitative estimate of drug-likeness (QED) is 0.536. The zero-order valence-electron chi connectivity index (χ0n) is 18.7. The van der Waals surface area contributed by atoms with Crippen molar-refractivity contribution in [3.05, 3.63) is 0 Å². The van der Waals surface area contributed by atoms with E-state index in [2.05, 4.69) is 33.8 Å². The predicted octanol–water partition coefficient (Wildman–Crippen LogP) is 6.79. The maximum Gasteiger partial charge on any atom is 0.133 e. The van der Waals surface area contributed by atoms with Crippen LogP contribution in [0.5, 0.6) is 0 Å². The number of rotatable bonds is 4. The molecule has 28 heavy (non-hydrogen) atoms. The molecule has 0 saturated heterocycles. The van der Waals surface area contributed by atoms with E-state index in [4.69, 9.17) is 5.26 Å². The molecule has 4 aliphatic rings. The first-order valence-electron chi connectivity index (χ1n) is 12.2. The lowest BCUT2D eigenvalue weighted by molar-refractivity contribution is -0.152. The summed E-state index contributed by atoms with van der Waals surface area (Å²) >= 11 is 0. The van der Waals surface area contributed by atoms with Gasteiger partial charge in [0, 0.05) is 19.3 Å². The highest BCUT2D eigenvalue weighted by Crippen LogP contribution is 2.69. The van der Waals surface area contributed by atoms with E-state index in [1.165, 1.54) is 38.5 Å². The second-order valence-corrected chi connectivity index (χ2v) is 11.5. The minimum absolute atomic E-state index is 0.406. The predicted molar refractivity (Wildman–Crippen MR) is 113 cm³/mol. The Balaban J connectivity index is 1.60. The van der Waals surface area contributed by atoms with Gasteiger partial charge in [-0.05, 0) is 97.2 Å². The summed E-state index contributed by atoms with van der Waals surface area (Å²) < 4.78 is 0. The lowest BCUT2D eigenvalue weighted by Crippen LogP contribution is -2.56. The molecule has 0 aliphatic heterocycles. The molecule has 2 nitrogen and oxygen atoms in total. The van der Waals surface area contributed by atoms with Crippen molar-refractivity contribution < 1.29 is 4.79 Å². The number of nitrogens with zero attached hydrogens (tertiary/aromatic N) is 1. The molecule has 4 aliphatic carbocycles. The van der Waals surface area contributed by atoms with Gasteiger partial charge in [-0.25, -0.2) is 0 Å². The number of carbonyl (C=O) groups excluding carboxylic acids is 1. The van der Waals surface area contributed by atoms with Crippen LogP contribution in [0.3, 0.4) is 0 Å². The molecule has 8 unspecified atom stereocenters. The summed E-state index contributed by atoms with van der Waals surface area (Å²) in [6.45, 7) is 9.98. The third-order valence-corrected chi connectivity index (χ3v) is 10.7. The molecule has 0 aromatic carbocycles. The Morgan fingerprint density at radius 1 is 1.11 bits per heavy atom. The van der Waals surface area contributed by atoms with Gasteiger partial charge in [-0.3, -0.25) is 4.79 Å². The van der Waals surface area contributed by atoms with Gasteiger partial charge in [0.25, 0.3) is 0 Å². The molecule has 0 aromatic rings. The zero-order valence-corrected chi connectivity index (χ0v) is 18.7. The fourth-order valence-corrected chi connectivity index (χ4v) is 9.21. The Hall–Kier alpha value is -0.840. The van der Waals surface area contributed by atoms with Crippen LogP contribution in [-0.4, -0.2) is 5.78 Å². The van der Waals surface area contributed by atoms with Gasteiger partial charge in [0.2, 0.25) is 0 Å². The number of ketones is 1. The van der Waals surface area contributed by atoms with E-state index < -0.39 is 0 Å². The molecule has 0 bridgehead atoms. The Labute approximate surface area is 172 Å². The van der Waals surface area contributed by atoms with Gasteiger partial charge in [0.1, 0.15) is 5.78 Å². The van der Waals surface area contributed by atoms with Crippen LogP contribution in [0.1, 0.15) is 98.3 Å². The maximum absolute atomic E-state index is 12.3. The minimum Gasteiger partial charge on any atom is -0.300 e. The van der Waals surface area contributed by atoms with Gasteiger partial charge in [-0.2, -0.15) is 5.26 Å². The fourth-order valence-electron chi connectivity index (χ4n) is 9.21. The van der Waals surface area contributed by atoms with Gasteiger partial charge >= 0.3 is 0 Å². The van der Waals surface area contributed by atoms with Gasteiger partial charge in [-0.1, -0.05) is 34.1 Å². The third-order valence-electron chi connectivity index (χ3n) is 10.7. The molecule has 0 radical (unpaired) electrons. The molecular weight excluding hydrogens is 342 g/mol. The number of carbonyl (C=O) groups is 1. The third kappa shape index (κ3) is 2.98. The van der Waals surface area contributed by atoms with Crippen LogP contribution in [0, 0.1) is 63.6 Å². The first kappa shape index (κ1) is 20.4. The van der Waals surface area contributed by atoms with E-state index in [0.717, 1.165) is 61.7 Å². The monoisotopic (exact) mass is 383 g/mol. The molecule has 0 heterocycles. The normalized spacial score (nSPS) is 48.9. The van der Waals surface area contributed by atoms with Crippen molar-refractivity contribution in [1.29, 1.82) is 5.26 Å². The van der Waals surface area contributed by atoms with Crippen molar-refractivity contribution in [2.45, 2.75) is 98.3 Å². The maximum atomic E-state index is 12.3. The average Bonchev–Trinajstić information content (AvgIpc) is 3.03. The minimum atomic E-state index is 0.406. The summed E-state index contributed by atoms with van der Waals surface area (Å²) in [7, 11) is 0. The molecular formula is C26H41NO. The fraction of sp³-hybridized carbons (Fsp3) is 0.923. The van der Waals surface area contributed by atoms with Crippen LogP contribution in [0.2, 0.25) is 0 Å². The van der Waals surface area contributed by atoms with Crippen LogP contribution in [0.25, 0.3) is 0 Å². The summed E-state index contributed by atoms with van der Waals surface area (Å²) in [6, 6.07) is 2.38. The molecule has 0 aromatic heterocycles. The average molecular weight is 384 g/mol. The SMILES string of the molecule is CCC1CC2C(CCC3(C)C2CCC3[C@H](C)CCC#N)C2(C)CCC(=O)CC12. The molecule has 156 valence electrons. The Morgan fingerprint density at radius 3 is 2.57 bits per heavy atom. The van der Waals surface area contributed by atoms with Crippen LogP contribution < -0.4 is 0 Å². The van der Waals surface area contributed by atoms with Crippen molar-refractivity contribution in [2.24, 2.45) is 52.3 Å². The molecule has 4 saturated carbocycles. The van der Waals surface area contributed by atoms with E-state index in [9.17, 15) is 4.79 Å². The van der Waals surface area contributed by atoms with Crippen molar-refractivity contribution >= 4 is 5.78 Å². The van der Waals surface area contributed by atoms with Gasteiger partial charge in [-0.15, -0.1) is 0 Å². The lowest BCUT2D eigenvalue weighted by atomic mass is 9.42. The van der Waals surface area contributed by atoms with Crippen molar-refractivity contribution in [1.82, 2.24) is 0 Å². The molecule has 9 atom stereocenters. The van der Waals surface area contributed by atoms with Crippen LogP contribution in [-0.2, 0) is 4.79 Å². The number of hydrogen-bond acceptors (Lipinski definition) is 2. The molecule has 4 rings (SSSR count). The highest BCUT2D eigenvalue weighted by Gasteiger charge is 2.62. The number of nitriles is 1. The second kappa shape index (κ2) is 7.45. The summed E-state index contributed by atoms with van der Waals surface area (Å²) in [5, 5.41) is 9.05. The van der Waals surface area contributed by atoms with Crippen LogP contribution >= 0.6 is 0 Å². The van der Waals surface area contributed by atoms with Crippen molar-refractivity contribution in [3.8, 4) is 6.07 Å². The van der Waals surface area contributed by atoms with Gasteiger partial charge in [0.15, 0.2) is 0 Å². The Bertz CT molecular complexity index is 649. The van der Waals surface area contributed by atoms with E-state index in [-0.39, 0.29) is 0 Å². The van der Waals surface area contributed by atoms with Crippen LogP contribution in [0.15, 0.2) is 0 Å². The van der Waals surface area contributed by atoms with Gasteiger partial charge < -0.3 is 0 Å². The van der Waals surface area contributed by atoms with Crippen LogP contribution in [0.4, 0.5) is 0 Å². The first-order valence-corrected chi connectivity index (χ1v) is 12.2. The largest absolute Gasteiger partial charge is 0.300 e. The highest BCUT2D eigenvalue weighted by atomic mass is 16.1. The summed E-state index contributed by atoms with van der Waals surface area (Å²) in [6.07, 6.45) is 12.9. The number of hydrogen-bond donors (Lipinski definition) is 0. The molecule has 0 spiro atoms. The zero-order chi connectivity index (χ0) is 20.1. The summed E-state index contributed by atoms with van der Waals surface area (Å²) in [5.74, 6) is 6.05. The lowest BCUT2D eigenvalue weighted by Gasteiger charge is -2.62. The Morgan fingerprint density at radius 2 is 1.86 bits per heavy atom. The smallest absolute Gasteiger partial charge is 0.133 e. The van der Waals surface area contributed by atoms with E-state index in [1.807, 2.05) is 0 Å². The van der Waals surface area contributed by atoms with Crippen molar-refractivity contribution in [3.63, 3.8) is 0 Å². The Kier molecular flexibility index (Phi) is 5.43. The number of fused-ring (bicyclic) bond motifs is 5. The van der Waals surface area contributed by atoms with Crippen molar-refractivity contribution in [2.75, 3.05) is 0 Å². The van der Waals surface area contributed by atoms with Gasteiger partial charge in [0.05, 0.1) is 6.07 Å². The van der Waals surface area contributed by atoms with E-state index >= 15 is 0 Å². The topological polar surface area (TPSA) is 40.9 Å². The number of Topliss-reactive ketones (excluding diaryl/α,β-unsaturated/α-hetero) is 1. The van der Waals surface area contributed by atoms with E-state index in [1.54, 1.807) is 0 Å². The standard InChI is InChI=1S/C26H41NO/c1-5-18-15-20-22-9-8-21(17(2)7-6-14-27)25(22,3)13-11-23(20)26(4)12-10-19(28)16-24(18)26/h17-18,20-24H,5-13,15-16H2,1-4H3/t17-,18?,20?,21?,22?,23?,24?,25?,26?/m1/s1.